The molecule has 2 aromatic carbocycles. The predicted octanol–water partition coefficient (Wildman–Crippen LogP) is 8.56. The van der Waals surface area contributed by atoms with Gasteiger partial charge in [-0.25, -0.2) is 14.6 Å². The molecule has 10 nitrogen and oxygen atoms in total. The molecule has 1 aromatic heterocycles. The molecular formula is C32H32F6N4O6. The second-order valence-electron chi connectivity index (χ2n) is 11.6. The number of nitrogens with one attached hydrogen (secondary N) is 1. The van der Waals surface area contributed by atoms with Gasteiger partial charge in [0.05, 0.1) is 17.7 Å². The molecule has 2 heterocycles. The van der Waals surface area contributed by atoms with Gasteiger partial charge in [0.1, 0.15) is 29.3 Å². The topological polar surface area (TPSA) is 126 Å². The molecule has 0 saturated carbocycles. The Morgan fingerprint density at radius 3 is 2.42 bits per heavy atom. The molecule has 4 rings (SSSR count). The van der Waals surface area contributed by atoms with Crippen molar-refractivity contribution in [3.05, 3.63) is 77.4 Å². The van der Waals surface area contributed by atoms with E-state index in [9.17, 15) is 41.0 Å². The highest BCUT2D eigenvalue weighted by Gasteiger charge is 2.37. The Hall–Kier alpha value is -5.02. The molecule has 1 atom stereocenters. The minimum atomic E-state index is -4.79. The predicted molar refractivity (Wildman–Crippen MR) is 161 cm³/mol. The van der Waals surface area contributed by atoms with Crippen molar-refractivity contribution in [3.8, 4) is 17.0 Å². The summed E-state index contributed by atoms with van der Waals surface area (Å²) in [5, 5.41) is 11.6. The number of alkyl carbamates (subject to hydrolysis) is 1. The first-order valence-electron chi connectivity index (χ1n) is 14.6. The van der Waals surface area contributed by atoms with E-state index in [1.165, 1.54) is 35.4 Å². The monoisotopic (exact) mass is 682 g/mol. The third-order valence-electron chi connectivity index (χ3n) is 6.82. The average molecular weight is 683 g/mol. The van der Waals surface area contributed by atoms with Crippen LogP contribution in [0.5, 0.6) is 5.75 Å². The number of hydrogen-bond donors (Lipinski definition) is 2. The number of hydrogen-bond acceptors (Lipinski definition) is 6. The highest BCUT2D eigenvalue weighted by atomic mass is 19.4. The fourth-order valence-corrected chi connectivity index (χ4v) is 4.78. The van der Waals surface area contributed by atoms with Crippen LogP contribution in [0.4, 0.5) is 35.9 Å². The van der Waals surface area contributed by atoms with Crippen molar-refractivity contribution in [2.45, 2.75) is 64.0 Å². The highest BCUT2D eigenvalue weighted by molar-refractivity contribution is 5.98. The zero-order chi connectivity index (χ0) is 35.3. The number of aromatic nitrogens is 1. The molecule has 1 fully saturated rings. The number of halogens is 6. The lowest BCUT2D eigenvalue weighted by atomic mass is 10.1. The molecule has 3 aromatic rings. The quantitative estimate of drug-likeness (QED) is 0.110. The van der Waals surface area contributed by atoms with Crippen molar-refractivity contribution < 1.29 is 54.9 Å². The third kappa shape index (κ3) is 9.75. The molecule has 0 aliphatic carbocycles. The molecule has 1 aliphatic heterocycles. The van der Waals surface area contributed by atoms with Crippen LogP contribution in [0, 0.1) is 0 Å². The lowest BCUT2D eigenvalue weighted by Crippen LogP contribution is -2.46. The van der Waals surface area contributed by atoms with E-state index < -0.39 is 53.1 Å². The van der Waals surface area contributed by atoms with E-state index in [4.69, 9.17) is 13.9 Å². The van der Waals surface area contributed by atoms with Gasteiger partial charge in [0, 0.05) is 12.1 Å². The van der Waals surface area contributed by atoms with E-state index in [0.29, 0.717) is 18.4 Å². The zero-order valence-electron chi connectivity index (χ0n) is 26.0. The minimum absolute atomic E-state index is 0.0697. The maximum absolute atomic E-state index is 14.0. The Morgan fingerprint density at radius 2 is 1.79 bits per heavy atom. The van der Waals surface area contributed by atoms with Crippen molar-refractivity contribution in [1.29, 1.82) is 0 Å². The van der Waals surface area contributed by atoms with Gasteiger partial charge in [-0.3, -0.25) is 5.32 Å². The molecule has 1 aliphatic rings. The van der Waals surface area contributed by atoms with E-state index in [0.717, 1.165) is 24.3 Å². The second kappa shape index (κ2) is 14.4. The van der Waals surface area contributed by atoms with Crippen molar-refractivity contribution in [2.75, 3.05) is 13.2 Å². The molecule has 1 saturated heterocycles. The van der Waals surface area contributed by atoms with Crippen LogP contribution in [0.3, 0.4) is 0 Å². The number of nitrogens with zero attached hydrogens (tertiary/aromatic N) is 3. The summed E-state index contributed by atoms with van der Waals surface area (Å²) < 4.78 is 96.5. The number of aliphatic imine (C=N–C) groups is 1. The van der Waals surface area contributed by atoms with Crippen molar-refractivity contribution >= 4 is 24.2 Å². The molecule has 48 heavy (non-hydrogen) atoms. The molecule has 258 valence electrons. The number of likely N-dealkylation sites (tertiary alicyclic amines) is 1. The fraction of sp³-hybridized carbons (Fsp3) is 0.375. The number of carbonyl (C=O) groups is 2. The van der Waals surface area contributed by atoms with Crippen LogP contribution >= 0.6 is 0 Å². The van der Waals surface area contributed by atoms with E-state index in [1.54, 1.807) is 26.8 Å². The zero-order valence-corrected chi connectivity index (χ0v) is 26.0. The first kappa shape index (κ1) is 35.8. The van der Waals surface area contributed by atoms with E-state index in [2.05, 4.69) is 15.3 Å². The van der Waals surface area contributed by atoms with Crippen LogP contribution in [0.25, 0.3) is 17.3 Å². The van der Waals surface area contributed by atoms with E-state index >= 15 is 0 Å². The molecule has 0 bridgehead atoms. The Morgan fingerprint density at radius 1 is 1.08 bits per heavy atom. The minimum Gasteiger partial charge on any atom is -0.493 e. The molecule has 16 heteroatoms. The summed E-state index contributed by atoms with van der Waals surface area (Å²) in [5.74, 6) is -0.669. The van der Waals surface area contributed by atoms with Gasteiger partial charge in [-0.2, -0.15) is 26.3 Å². The Bertz CT molecular complexity index is 1660. The van der Waals surface area contributed by atoms with Gasteiger partial charge < -0.3 is 23.9 Å². The smallest absolute Gasteiger partial charge is 0.434 e. The number of carbonyl (C=O) groups excluding carboxylic acids is 1. The molecule has 2 N–H and O–H groups in total. The van der Waals surface area contributed by atoms with Gasteiger partial charge in [0.25, 0.3) is 0 Å². The van der Waals surface area contributed by atoms with Crippen LogP contribution < -0.4 is 10.1 Å². The van der Waals surface area contributed by atoms with Gasteiger partial charge in [0.2, 0.25) is 11.9 Å². The number of alkyl halides is 6. The number of carboxylic acid groups (broad SMARTS) is 1. The van der Waals surface area contributed by atoms with Crippen molar-refractivity contribution in [3.63, 3.8) is 0 Å². The van der Waals surface area contributed by atoms with Crippen LogP contribution in [0.2, 0.25) is 0 Å². The Labute approximate surface area is 271 Å². The van der Waals surface area contributed by atoms with Crippen molar-refractivity contribution in [1.82, 2.24) is 15.2 Å². The van der Waals surface area contributed by atoms with E-state index in [-0.39, 0.29) is 42.7 Å². The molecule has 0 unspecified atom stereocenters. The van der Waals surface area contributed by atoms with Crippen LogP contribution in [0.1, 0.15) is 68.7 Å². The molecule has 0 spiro atoms. The Balaban J connectivity index is 1.46. The molecule has 0 radical (unpaired) electrons. The summed E-state index contributed by atoms with van der Waals surface area (Å²) in [6, 6.07) is 7.13. The number of amides is 2. The molecule has 2 amide bonds. The third-order valence-corrected chi connectivity index (χ3v) is 6.82. The average Bonchev–Trinajstić information content (AvgIpc) is 3.65. The maximum Gasteiger partial charge on any atom is 0.434 e. The summed E-state index contributed by atoms with van der Waals surface area (Å²) in [4.78, 5) is 33.1. The van der Waals surface area contributed by atoms with Crippen LogP contribution in [-0.2, 0) is 17.1 Å². The van der Waals surface area contributed by atoms with Crippen LogP contribution in [-0.4, -0.2) is 51.9 Å². The first-order valence-corrected chi connectivity index (χ1v) is 14.6. The lowest BCUT2D eigenvalue weighted by molar-refractivity contribution is -0.139. The number of rotatable bonds is 7. The highest BCUT2D eigenvalue weighted by Crippen LogP contribution is 2.40. The van der Waals surface area contributed by atoms with Crippen LogP contribution in [0.15, 0.2) is 64.2 Å². The normalized spacial score (nSPS) is 16.0. The van der Waals surface area contributed by atoms with Gasteiger partial charge >= 0.3 is 24.5 Å². The fourth-order valence-electron chi connectivity index (χ4n) is 4.78. The van der Waals surface area contributed by atoms with Gasteiger partial charge in [-0.15, -0.1) is 4.99 Å². The SMILES string of the molecule is CC(C)(C)OC(=O)NC(=NC(=O)O)N1CCC[C@H]1c1nc(-c2ccc(OCC/C=C/c3ccc(C(F)(F)F)cc3)c(C(F)(F)F)c2)co1. The molecular weight excluding hydrogens is 650 g/mol. The lowest BCUT2D eigenvalue weighted by Gasteiger charge is -2.26. The number of ether oxygens (including phenoxy) is 2. The standard InChI is InChI=1S/C32H32F6N4O6/c1-30(2,3)48-29(45)41-27(40-28(43)44)42-15-6-8-24(42)26-39-23(18-47-26)20-11-14-25(22(17-20)32(36,37)38)46-16-5-4-7-19-9-12-21(13-10-19)31(33,34)35/h4,7,9-14,17-18,24H,5-6,8,15-16H2,1-3H3,(H,43,44)(H,40,41,45)/b7-4+/t24-/m0/s1. The van der Waals surface area contributed by atoms with Gasteiger partial charge in [-0.05, 0) is 75.9 Å². The van der Waals surface area contributed by atoms with Gasteiger partial charge in [-0.1, -0.05) is 24.3 Å². The summed E-state index contributed by atoms with van der Waals surface area (Å²) in [7, 11) is 0. The summed E-state index contributed by atoms with van der Waals surface area (Å²) in [6.45, 7) is 5.02. The Kier molecular flexibility index (Phi) is 10.7. The number of oxazole rings is 1. The second-order valence-corrected chi connectivity index (χ2v) is 11.6. The number of benzene rings is 2. The summed E-state index contributed by atoms with van der Waals surface area (Å²) in [5.41, 5.74) is -2.09. The first-order chi connectivity index (χ1) is 22.4. The number of guanidine groups is 1. The van der Waals surface area contributed by atoms with Gasteiger partial charge in [0.15, 0.2) is 0 Å². The summed E-state index contributed by atoms with van der Waals surface area (Å²) >= 11 is 0. The maximum atomic E-state index is 14.0. The summed E-state index contributed by atoms with van der Waals surface area (Å²) in [6.07, 6.45) is -6.33. The van der Waals surface area contributed by atoms with E-state index in [1.807, 2.05) is 0 Å². The largest absolute Gasteiger partial charge is 0.493 e. The van der Waals surface area contributed by atoms with Crippen molar-refractivity contribution in [2.24, 2.45) is 4.99 Å².